The van der Waals surface area contributed by atoms with E-state index in [9.17, 15) is 24.1 Å². The lowest BCUT2D eigenvalue weighted by atomic mass is 9.89. The molecule has 0 radical (unpaired) electrons. The van der Waals surface area contributed by atoms with Crippen molar-refractivity contribution in [1.29, 1.82) is 0 Å². The summed E-state index contributed by atoms with van der Waals surface area (Å²) in [6.07, 6.45) is 1.42. The Morgan fingerprint density at radius 2 is 1.74 bits per heavy atom. The molecular weight excluding hydrogens is 493 g/mol. The third-order valence-corrected chi connectivity index (χ3v) is 6.76. The number of nitro benzene ring substituents is 1. The van der Waals surface area contributed by atoms with Crippen molar-refractivity contribution in [2.75, 3.05) is 32.6 Å². The van der Waals surface area contributed by atoms with Crippen molar-refractivity contribution in [3.63, 3.8) is 0 Å². The topological polar surface area (TPSA) is 111 Å². The minimum Gasteiger partial charge on any atom is -0.493 e. The van der Waals surface area contributed by atoms with Crippen molar-refractivity contribution in [1.82, 2.24) is 4.90 Å². The van der Waals surface area contributed by atoms with Crippen LogP contribution in [0.15, 0.2) is 54.6 Å². The van der Waals surface area contributed by atoms with Crippen molar-refractivity contribution >= 4 is 23.2 Å². The van der Waals surface area contributed by atoms with Gasteiger partial charge in [-0.05, 0) is 61.1 Å². The number of benzene rings is 3. The standard InChI is InChI=1S/C28H28FN3O6/c1-17-5-4-6-22(25(17)29)27(33)30-21-9-7-18(8-10-21)19-11-13-31(14-12-19)28(34)20-15-23(32(35)36)26(38-3)24(16-20)37-2/h4-10,15-16,19H,11-14H2,1-3H3,(H,30,33). The van der Waals surface area contributed by atoms with Gasteiger partial charge in [0.25, 0.3) is 11.8 Å². The number of hydrogen-bond donors (Lipinski definition) is 1. The molecule has 3 aromatic rings. The molecule has 4 rings (SSSR count). The number of nitro groups is 1. The summed E-state index contributed by atoms with van der Waals surface area (Å²) in [6, 6.07) is 14.8. The van der Waals surface area contributed by atoms with Gasteiger partial charge in [0.1, 0.15) is 5.82 Å². The monoisotopic (exact) mass is 521 g/mol. The summed E-state index contributed by atoms with van der Waals surface area (Å²) in [5.41, 5.74) is 1.86. The van der Waals surface area contributed by atoms with E-state index in [2.05, 4.69) is 5.32 Å². The van der Waals surface area contributed by atoms with E-state index >= 15 is 0 Å². The van der Waals surface area contributed by atoms with Crippen LogP contribution in [0.3, 0.4) is 0 Å². The normalized spacial score (nSPS) is 13.6. The van der Waals surface area contributed by atoms with E-state index in [-0.39, 0.29) is 40.1 Å². The quantitative estimate of drug-likeness (QED) is 0.332. The third kappa shape index (κ3) is 5.44. The summed E-state index contributed by atoms with van der Waals surface area (Å²) in [5.74, 6) is -1.06. The maximum absolute atomic E-state index is 14.3. The highest BCUT2D eigenvalue weighted by molar-refractivity contribution is 6.04. The van der Waals surface area contributed by atoms with Crippen LogP contribution in [-0.4, -0.2) is 48.9 Å². The number of likely N-dealkylation sites (tertiary alicyclic amines) is 1. The van der Waals surface area contributed by atoms with Crippen LogP contribution in [0.1, 0.15) is 50.6 Å². The average Bonchev–Trinajstić information content (AvgIpc) is 2.93. The fourth-order valence-corrected chi connectivity index (χ4v) is 4.66. The van der Waals surface area contributed by atoms with Crippen LogP contribution in [0.5, 0.6) is 11.5 Å². The molecule has 1 saturated heterocycles. The lowest BCUT2D eigenvalue weighted by Gasteiger charge is -2.32. The van der Waals surface area contributed by atoms with Gasteiger partial charge in [0.2, 0.25) is 5.75 Å². The van der Waals surface area contributed by atoms with Crippen LogP contribution < -0.4 is 14.8 Å². The number of amides is 2. The second kappa shape index (κ2) is 11.3. The molecule has 1 N–H and O–H groups in total. The number of carbonyl (C=O) groups is 2. The molecule has 10 heteroatoms. The van der Waals surface area contributed by atoms with Crippen LogP contribution in [0.4, 0.5) is 15.8 Å². The zero-order valence-electron chi connectivity index (χ0n) is 21.3. The zero-order chi connectivity index (χ0) is 27.4. The van der Waals surface area contributed by atoms with Gasteiger partial charge in [-0.1, -0.05) is 24.3 Å². The van der Waals surface area contributed by atoms with Crippen LogP contribution >= 0.6 is 0 Å². The molecule has 38 heavy (non-hydrogen) atoms. The highest BCUT2D eigenvalue weighted by atomic mass is 19.1. The third-order valence-electron chi connectivity index (χ3n) is 6.76. The first-order valence-corrected chi connectivity index (χ1v) is 12.1. The Bertz CT molecular complexity index is 1370. The van der Waals surface area contributed by atoms with Crippen LogP contribution in [0, 0.1) is 22.9 Å². The smallest absolute Gasteiger partial charge is 0.315 e. The Kier molecular flexibility index (Phi) is 7.90. The van der Waals surface area contributed by atoms with E-state index in [0.717, 1.165) is 5.56 Å². The number of carbonyl (C=O) groups excluding carboxylic acids is 2. The highest BCUT2D eigenvalue weighted by Gasteiger charge is 2.29. The number of anilines is 1. The van der Waals surface area contributed by atoms with Crippen molar-refractivity contribution in [2.24, 2.45) is 0 Å². The first-order valence-electron chi connectivity index (χ1n) is 12.1. The molecule has 0 saturated carbocycles. The summed E-state index contributed by atoms with van der Waals surface area (Å²) >= 11 is 0. The molecule has 2 amide bonds. The maximum atomic E-state index is 14.3. The molecule has 1 aliphatic heterocycles. The molecule has 0 aliphatic carbocycles. The van der Waals surface area contributed by atoms with Crippen molar-refractivity contribution < 1.29 is 28.4 Å². The van der Waals surface area contributed by atoms with E-state index in [1.54, 1.807) is 36.1 Å². The first-order chi connectivity index (χ1) is 18.2. The lowest BCUT2D eigenvalue weighted by Crippen LogP contribution is -2.38. The minimum absolute atomic E-state index is 0.00840. The SMILES string of the molecule is COc1cc(C(=O)N2CCC(c3ccc(NC(=O)c4cccc(C)c4F)cc3)CC2)cc([N+](=O)[O-])c1OC. The number of ether oxygens (including phenoxy) is 2. The first kappa shape index (κ1) is 26.6. The summed E-state index contributed by atoms with van der Waals surface area (Å²) in [4.78, 5) is 38.2. The zero-order valence-corrected chi connectivity index (χ0v) is 21.3. The molecule has 9 nitrogen and oxygen atoms in total. The van der Waals surface area contributed by atoms with E-state index < -0.39 is 16.6 Å². The number of hydrogen-bond acceptors (Lipinski definition) is 6. The lowest BCUT2D eigenvalue weighted by molar-refractivity contribution is -0.385. The van der Waals surface area contributed by atoms with E-state index in [4.69, 9.17) is 9.47 Å². The fourth-order valence-electron chi connectivity index (χ4n) is 4.66. The number of nitrogens with one attached hydrogen (secondary N) is 1. The Balaban J connectivity index is 1.40. The Morgan fingerprint density at radius 3 is 2.34 bits per heavy atom. The van der Waals surface area contributed by atoms with Crippen molar-refractivity contribution in [3.05, 3.63) is 92.8 Å². The molecule has 0 unspecified atom stereocenters. The van der Waals surface area contributed by atoms with Gasteiger partial charge in [-0.25, -0.2) is 4.39 Å². The fraction of sp³-hybridized carbons (Fsp3) is 0.286. The number of rotatable bonds is 7. The van der Waals surface area contributed by atoms with Crippen molar-refractivity contribution in [3.8, 4) is 11.5 Å². The maximum Gasteiger partial charge on any atom is 0.315 e. The van der Waals surface area contributed by atoms with Crippen LogP contribution in [-0.2, 0) is 0 Å². The number of methoxy groups -OCH3 is 2. The molecule has 1 fully saturated rings. The van der Waals surface area contributed by atoms with E-state index in [1.165, 1.54) is 32.4 Å². The van der Waals surface area contributed by atoms with Gasteiger partial charge in [-0.3, -0.25) is 19.7 Å². The van der Waals surface area contributed by atoms with Gasteiger partial charge < -0.3 is 19.7 Å². The van der Waals surface area contributed by atoms with E-state index in [0.29, 0.717) is 37.2 Å². The molecule has 1 aliphatic rings. The number of halogens is 1. The molecule has 198 valence electrons. The van der Waals surface area contributed by atoms with Crippen molar-refractivity contribution in [2.45, 2.75) is 25.7 Å². The van der Waals surface area contributed by atoms with Gasteiger partial charge in [0, 0.05) is 24.8 Å². The van der Waals surface area contributed by atoms with Gasteiger partial charge in [0.05, 0.1) is 30.3 Å². The minimum atomic E-state index is -0.603. The summed E-state index contributed by atoms with van der Waals surface area (Å²) < 4.78 is 24.6. The van der Waals surface area contributed by atoms with Gasteiger partial charge in [0.15, 0.2) is 5.75 Å². The van der Waals surface area contributed by atoms with Crippen LogP contribution in [0.2, 0.25) is 0 Å². The molecule has 0 aromatic heterocycles. The average molecular weight is 522 g/mol. The highest BCUT2D eigenvalue weighted by Crippen LogP contribution is 2.39. The van der Waals surface area contributed by atoms with E-state index in [1.807, 2.05) is 12.1 Å². The predicted octanol–water partition coefficient (Wildman–Crippen LogP) is 5.33. The molecule has 0 atom stereocenters. The molecule has 1 heterocycles. The summed E-state index contributed by atoms with van der Waals surface area (Å²) in [7, 11) is 2.67. The summed E-state index contributed by atoms with van der Waals surface area (Å²) in [5, 5.41) is 14.2. The number of aryl methyl sites for hydroxylation is 1. The molecule has 3 aromatic carbocycles. The Hall–Kier alpha value is -4.47. The summed E-state index contributed by atoms with van der Waals surface area (Å²) in [6.45, 7) is 2.57. The second-order valence-corrected chi connectivity index (χ2v) is 9.07. The van der Waals surface area contributed by atoms with Gasteiger partial charge in [-0.15, -0.1) is 0 Å². The predicted molar refractivity (Wildman–Crippen MR) is 140 cm³/mol. The number of piperidine rings is 1. The largest absolute Gasteiger partial charge is 0.493 e. The Labute approximate surface area is 219 Å². The van der Waals surface area contributed by atoms with Gasteiger partial charge >= 0.3 is 5.69 Å². The molecule has 0 bridgehead atoms. The van der Waals surface area contributed by atoms with Gasteiger partial charge in [-0.2, -0.15) is 0 Å². The van der Waals surface area contributed by atoms with Crippen LogP contribution in [0.25, 0.3) is 0 Å². The molecular formula is C28H28FN3O6. The number of nitrogens with zero attached hydrogens (tertiary/aromatic N) is 2. The second-order valence-electron chi connectivity index (χ2n) is 9.07. The molecule has 0 spiro atoms. The Morgan fingerprint density at radius 1 is 1.05 bits per heavy atom.